The highest BCUT2D eigenvalue weighted by molar-refractivity contribution is 5.89. The molecule has 0 aliphatic heterocycles. The van der Waals surface area contributed by atoms with Gasteiger partial charge < -0.3 is 20.6 Å². The average Bonchev–Trinajstić information content (AvgIpc) is 2.45. The highest BCUT2D eigenvalue weighted by atomic mass is 16.3. The van der Waals surface area contributed by atoms with Crippen molar-refractivity contribution in [2.75, 3.05) is 19.8 Å². The molecule has 20 heavy (non-hydrogen) atoms. The van der Waals surface area contributed by atoms with E-state index >= 15 is 0 Å². The largest absolute Gasteiger partial charge is 0.394 e. The first-order chi connectivity index (χ1) is 9.62. The van der Waals surface area contributed by atoms with E-state index < -0.39 is 30.8 Å². The summed E-state index contributed by atoms with van der Waals surface area (Å²) in [6.07, 6.45) is 2.44. The maximum absolute atomic E-state index is 12.6. The molecule has 5 heteroatoms. The van der Waals surface area contributed by atoms with Gasteiger partial charge in [-0.3, -0.25) is 4.79 Å². The summed E-state index contributed by atoms with van der Waals surface area (Å²) in [6.45, 7) is -1.51. The molecular formula is C15H21NO4. The van der Waals surface area contributed by atoms with Crippen LogP contribution in [0.4, 0.5) is 0 Å². The van der Waals surface area contributed by atoms with Crippen molar-refractivity contribution < 1.29 is 20.1 Å². The third-order valence-corrected chi connectivity index (χ3v) is 4.25. The Labute approximate surface area is 118 Å². The first kappa shape index (κ1) is 15.0. The fourth-order valence-electron chi connectivity index (χ4n) is 2.56. The van der Waals surface area contributed by atoms with E-state index in [1.54, 1.807) is 0 Å². The lowest BCUT2D eigenvalue weighted by Crippen LogP contribution is -2.62. The Morgan fingerprint density at radius 1 is 1.10 bits per heavy atom. The number of rotatable bonds is 6. The zero-order valence-corrected chi connectivity index (χ0v) is 11.4. The topological polar surface area (TPSA) is 89.8 Å². The molecule has 110 valence electrons. The highest BCUT2D eigenvalue weighted by Crippen LogP contribution is 2.44. The molecule has 1 aliphatic carbocycles. The van der Waals surface area contributed by atoms with Gasteiger partial charge in [0.2, 0.25) is 5.91 Å². The van der Waals surface area contributed by atoms with E-state index in [1.807, 2.05) is 30.3 Å². The van der Waals surface area contributed by atoms with E-state index in [2.05, 4.69) is 5.32 Å². The summed E-state index contributed by atoms with van der Waals surface area (Å²) in [5.74, 6) is -0.243. The van der Waals surface area contributed by atoms with Gasteiger partial charge in [0.05, 0.1) is 25.2 Å². The molecule has 2 rings (SSSR count). The number of carbonyl (C=O) groups excluding carboxylic acids is 1. The number of aliphatic hydroxyl groups is 3. The Hall–Kier alpha value is -1.43. The predicted octanol–water partition coefficient (Wildman–Crippen LogP) is -0.0598. The smallest absolute Gasteiger partial charge is 0.231 e. The highest BCUT2D eigenvalue weighted by Gasteiger charge is 2.47. The third-order valence-electron chi connectivity index (χ3n) is 4.25. The lowest BCUT2D eigenvalue weighted by molar-refractivity contribution is -0.134. The molecule has 1 aromatic rings. The van der Waals surface area contributed by atoms with Crippen LogP contribution in [0.1, 0.15) is 24.8 Å². The summed E-state index contributed by atoms with van der Waals surface area (Å²) in [7, 11) is 0. The predicted molar refractivity (Wildman–Crippen MR) is 74.1 cm³/mol. The molecule has 1 amide bonds. The molecule has 1 aliphatic rings. The molecule has 0 unspecified atom stereocenters. The monoisotopic (exact) mass is 279 g/mol. The molecule has 4 N–H and O–H groups in total. The standard InChI is InChI=1S/C15H21NO4/c17-9-14(10-18,11-19)16-13(20)15(7-4-8-15)12-5-2-1-3-6-12/h1-3,5-6,17-19H,4,7-11H2,(H,16,20). The minimum absolute atomic E-state index is 0.243. The number of carbonyl (C=O) groups is 1. The molecule has 0 aromatic heterocycles. The van der Waals surface area contributed by atoms with Gasteiger partial charge in [-0.15, -0.1) is 0 Å². The van der Waals surface area contributed by atoms with E-state index in [0.29, 0.717) is 0 Å². The Kier molecular flexibility index (Phi) is 4.42. The number of amides is 1. The van der Waals surface area contributed by atoms with Crippen LogP contribution in [0.15, 0.2) is 30.3 Å². The molecule has 0 bridgehead atoms. The van der Waals surface area contributed by atoms with Gasteiger partial charge in [-0.25, -0.2) is 0 Å². The van der Waals surface area contributed by atoms with Crippen LogP contribution >= 0.6 is 0 Å². The maximum Gasteiger partial charge on any atom is 0.231 e. The molecule has 5 nitrogen and oxygen atoms in total. The quantitative estimate of drug-likeness (QED) is 0.587. The molecule has 1 aromatic carbocycles. The number of hydrogen-bond acceptors (Lipinski definition) is 4. The second-order valence-corrected chi connectivity index (χ2v) is 5.51. The van der Waals surface area contributed by atoms with Gasteiger partial charge in [-0.2, -0.15) is 0 Å². The molecule has 1 saturated carbocycles. The van der Waals surface area contributed by atoms with E-state index in [0.717, 1.165) is 24.8 Å². The molecule has 0 atom stereocenters. The van der Waals surface area contributed by atoms with Gasteiger partial charge in [0.15, 0.2) is 0 Å². The van der Waals surface area contributed by atoms with Crippen molar-refractivity contribution in [3.8, 4) is 0 Å². The molecule has 0 radical (unpaired) electrons. The normalized spacial score (nSPS) is 17.4. The van der Waals surface area contributed by atoms with Gasteiger partial charge in [0.25, 0.3) is 0 Å². The van der Waals surface area contributed by atoms with Crippen LogP contribution < -0.4 is 5.32 Å². The van der Waals surface area contributed by atoms with Crippen LogP contribution in [-0.2, 0) is 10.2 Å². The van der Waals surface area contributed by atoms with Crippen molar-refractivity contribution in [1.29, 1.82) is 0 Å². The van der Waals surface area contributed by atoms with E-state index in [4.69, 9.17) is 0 Å². The number of hydrogen-bond donors (Lipinski definition) is 4. The van der Waals surface area contributed by atoms with Crippen molar-refractivity contribution in [1.82, 2.24) is 5.32 Å². The van der Waals surface area contributed by atoms with Crippen LogP contribution in [0.3, 0.4) is 0 Å². The zero-order valence-electron chi connectivity index (χ0n) is 11.4. The van der Waals surface area contributed by atoms with Crippen molar-refractivity contribution in [2.24, 2.45) is 0 Å². The molecule has 1 fully saturated rings. The van der Waals surface area contributed by atoms with Gasteiger partial charge >= 0.3 is 0 Å². The van der Waals surface area contributed by atoms with Gasteiger partial charge in [-0.1, -0.05) is 36.8 Å². The Bertz CT molecular complexity index is 444. The second kappa shape index (κ2) is 5.91. The van der Waals surface area contributed by atoms with Crippen LogP contribution in [0.25, 0.3) is 0 Å². The maximum atomic E-state index is 12.6. The number of nitrogens with one attached hydrogen (secondary N) is 1. The van der Waals surface area contributed by atoms with Gasteiger partial charge in [0, 0.05) is 0 Å². The summed E-state index contributed by atoms with van der Waals surface area (Å²) in [5, 5.41) is 30.6. The average molecular weight is 279 g/mol. The van der Waals surface area contributed by atoms with Gasteiger partial charge in [-0.05, 0) is 18.4 Å². The first-order valence-corrected chi connectivity index (χ1v) is 6.83. The Morgan fingerprint density at radius 2 is 1.65 bits per heavy atom. The Balaban J connectivity index is 2.22. The minimum Gasteiger partial charge on any atom is -0.394 e. The van der Waals surface area contributed by atoms with E-state index in [9.17, 15) is 20.1 Å². The van der Waals surface area contributed by atoms with Crippen LogP contribution in [-0.4, -0.2) is 46.6 Å². The van der Waals surface area contributed by atoms with Crippen molar-refractivity contribution in [3.63, 3.8) is 0 Å². The fourth-order valence-corrected chi connectivity index (χ4v) is 2.56. The molecule has 0 heterocycles. The van der Waals surface area contributed by atoms with Crippen molar-refractivity contribution in [3.05, 3.63) is 35.9 Å². The molecule has 0 spiro atoms. The second-order valence-electron chi connectivity index (χ2n) is 5.51. The fraction of sp³-hybridized carbons (Fsp3) is 0.533. The Morgan fingerprint density at radius 3 is 2.05 bits per heavy atom. The minimum atomic E-state index is -1.37. The van der Waals surface area contributed by atoms with Crippen molar-refractivity contribution in [2.45, 2.75) is 30.2 Å². The molecular weight excluding hydrogens is 258 g/mol. The van der Waals surface area contributed by atoms with Crippen LogP contribution in [0.5, 0.6) is 0 Å². The summed E-state index contributed by atoms with van der Waals surface area (Å²) in [4.78, 5) is 12.6. The number of aliphatic hydroxyl groups excluding tert-OH is 3. The first-order valence-electron chi connectivity index (χ1n) is 6.83. The van der Waals surface area contributed by atoms with E-state index in [1.165, 1.54) is 0 Å². The van der Waals surface area contributed by atoms with Gasteiger partial charge in [0.1, 0.15) is 5.54 Å². The van der Waals surface area contributed by atoms with Crippen LogP contribution in [0, 0.1) is 0 Å². The van der Waals surface area contributed by atoms with Crippen LogP contribution in [0.2, 0.25) is 0 Å². The van der Waals surface area contributed by atoms with Crippen molar-refractivity contribution >= 4 is 5.91 Å². The summed E-state index contributed by atoms with van der Waals surface area (Å²) in [6, 6.07) is 9.50. The summed E-state index contributed by atoms with van der Waals surface area (Å²) >= 11 is 0. The zero-order chi connectivity index (χ0) is 14.6. The lowest BCUT2D eigenvalue weighted by Gasteiger charge is -2.43. The lowest BCUT2D eigenvalue weighted by atomic mass is 9.63. The summed E-state index contributed by atoms with van der Waals surface area (Å²) in [5.41, 5.74) is -1.04. The number of benzene rings is 1. The summed E-state index contributed by atoms with van der Waals surface area (Å²) < 4.78 is 0. The molecule has 0 saturated heterocycles. The SMILES string of the molecule is O=C(NC(CO)(CO)CO)C1(c2ccccc2)CCC1. The van der Waals surface area contributed by atoms with E-state index in [-0.39, 0.29) is 5.91 Å². The third kappa shape index (κ3) is 2.44.